The summed E-state index contributed by atoms with van der Waals surface area (Å²) in [6.07, 6.45) is 6.13. The normalized spacial score (nSPS) is 13.2. The van der Waals surface area contributed by atoms with Crippen molar-refractivity contribution in [2.45, 2.75) is 6.92 Å². The van der Waals surface area contributed by atoms with Gasteiger partial charge in [-0.25, -0.2) is 9.55 Å². The Morgan fingerprint density at radius 3 is 2.75 bits per heavy atom. The molecule has 0 spiro atoms. The van der Waals surface area contributed by atoms with Gasteiger partial charge in [0.05, 0.1) is 0 Å². The van der Waals surface area contributed by atoms with Crippen molar-refractivity contribution in [1.82, 2.24) is 4.98 Å². The Morgan fingerprint density at radius 2 is 1.93 bits per heavy atom. The molecule has 5 rings (SSSR count). The van der Waals surface area contributed by atoms with Gasteiger partial charge in [-0.15, -0.1) is 0 Å². The van der Waals surface area contributed by atoms with E-state index < -0.39 is 0 Å². The standard InChI is InChI=1S/C23H21BN3O/c1-16-15-26(2)21(14-20(16)17-8-5-4-6-9-17)24-12-11-19-18-10-7-13-25-22(18)28-23(19)27(24)3/h4-15H,1-3H3/q+1. The first-order valence-electron chi connectivity index (χ1n) is 9.47. The van der Waals surface area contributed by atoms with Gasteiger partial charge in [-0.05, 0) is 37.2 Å². The summed E-state index contributed by atoms with van der Waals surface area (Å²) in [6, 6.07) is 16.8. The van der Waals surface area contributed by atoms with Crippen molar-refractivity contribution in [1.29, 1.82) is 0 Å². The molecular weight excluding hydrogens is 345 g/mol. The summed E-state index contributed by atoms with van der Waals surface area (Å²) < 4.78 is 8.29. The fraction of sp³-hybridized carbons (Fsp3) is 0.130. The number of furan rings is 1. The molecule has 3 aromatic heterocycles. The lowest BCUT2D eigenvalue weighted by atomic mass is 9.55. The molecule has 0 fully saturated rings. The molecule has 0 atom stereocenters. The highest BCUT2D eigenvalue weighted by molar-refractivity contribution is 6.80. The molecule has 0 aliphatic carbocycles. The highest BCUT2D eigenvalue weighted by Gasteiger charge is 2.35. The van der Waals surface area contributed by atoms with E-state index in [-0.39, 0.29) is 6.85 Å². The molecule has 4 aromatic rings. The maximum atomic E-state index is 6.09. The predicted molar refractivity (Wildman–Crippen MR) is 115 cm³/mol. The van der Waals surface area contributed by atoms with Gasteiger partial charge in [-0.2, -0.15) is 0 Å². The number of aryl methyl sites for hydroxylation is 2. The van der Waals surface area contributed by atoms with Crippen molar-refractivity contribution in [3.63, 3.8) is 0 Å². The highest BCUT2D eigenvalue weighted by atomic mass is 16.4. The van der Waals surface area contributed by atoms with Crippen LogP contribution >= 0.6 is 0 Å². The number of benzene rings is 1. The van der Waals surface area contributed by atoms with Crippen molar-refractivity contribution < 1.29 is 8.98 Å². The Morgan fingerprint density at radius 1 is 1.11 bits per heavy atom. The van der Waals surface area contributed by atoms with Crippen LogP contribution in [0, 0.1) is 6.92 Å². The van der Waals surface area contributed by atoms with E-state index in [0.29, 0.717) is 5.71 Å². The van der Waals surface area contributed by atoms with Gasteiger partial charge in [0.2, 0.25) is 5.71 Å². The highest BCUT2D eigenvalue weighted by Crippen LogP contribution is 2.35. The van der Waals surface area contributed by atoms with Gasteiger partial charge in [0, 0.05) is 28.8 Å². The molecule has 0 unspecified atom stereocenters. The topological polar surface area (TPSA) is 33.1 Å². The summed E-state index contributed by atoms with van der Waals surface area (Å²) in [6.45, 7) is 2.25. The van der Waals surface area contributed by atoms with E-state index in [4.69, 9.17) is 4.42 Å². The summed E-state index contributed by atoms with van der Waals surface area (Å²) in [7, 11) is 4.19. The molecule has 1 aliphatic heterocycles. The fourth-order valence-electron chi connectivity index (χ4n) is 4.12. The molecule has 4 nitrogen and oxygen atoms in total. The van der Waals surface area contributed by atoms with Crippen molar-refractivity contribution >= 4 is 35.5 Å². The minimum absolute atomic E-state index is 0.0844. The average Bonchev–Trinajstić information content (AvgIpc) is 3.09. The van der Waals surface area contributed by atoms with Crippen molar-refractivity contribution in [3.05, 3.63) is 78.0 Å². The summed E-state index contributed by atoms with van der Waals surface area (Å²) >= 11 is 0. The zero-order chi connectivity index (χ0) is 19.3. The van der Waals surface area contributed by atoms with E-state index in [2.05, 4.69) is 96.1 Å². The molecule has 0 saturated heterocycles. The first-order valence-corrected chi connectivity index (χ1v) is 9.47. The molecule has 136 valence electrons. The van der Waals surface area contributed by atoms with Gasteiger partial charge >= 0.3 is 6.85 Å². The van der Waals surface area contributed by atoms with Crippen LogP contribution in [0.15, 0.2) is 71.3 Å². The monoisotopic (exact) mass is 366 g/mol. The number of aromatic nitrogens is 2. The molecule has 0 saturated carbocycles. The second-order valence-corrected chi connectivity index (χ2v) is 7.36. The molecule has 0 N–H and O–H groups in total. The molecule has 5 heteroatoms. The first-order chi connectivity index (χ1) is 13.6. The lowest BCUT2D eigenvalue weighted by molar-refractivity contribution is -0.654. The van der Waals surface area contributed by atoms with Crippen LogP contribution in [0.2, 0.25) is 0 Å². The van der Waals surface area contributed by atoms with E-state index in [9.17, 15) is 0 Å². The predicted octanol–water partition coefficient (Wildman–Crippen LogP) is 3.53. The van der Waals surface area contributed by atoms with E-state index in [0.717, 1.165) is 16.8 Å². The van der Waals surface area contributed by atoms with Crippen molar-refractivity contribution in [3.8, 4) is 11.1 Å². The zero-order valence-electron chi connectivity index (χ0n) is 16.3. The minimum Gasteiger partial charge on any atom is -0.423 e. The molecule has 0 bridgehead atoms. The van der Waals surface area contributed by atoms with Crippen molar-refractivity contribution in [2.24, 2.45) is 7.05 Å². The quantitative estimate of drug-likeness (QED) is 0.402. The number of fused-ring (bicyclic) bond motifs is 3. The Labute approximate surface area is 164 Å². The Bertz CT molecular complexity index is 1210. The molecule has 4 heterocycles. The van der Waals surface area contributed by atoms with Gasteiger partial charge < -0.3 is 9.23 Å². The van der Waals surface area contributed by atoms with E-state index in [1.807, 2.05) is 6.07 Å². The molecule has 28 heavy (non-hydrogen) atoms. The number of nitrogens with zero attached hydrogens (tertiary/aromatic N) is 3. The SMILES string of the molecule is Cc1c[n+](C)c(B2C=Cc3c(oc4ncccc34)N2C)cc1-c1ccccc1. The minimum atomic E-state index is 0.0844. The number of anilines is 1. The summed E-state index contributed by atoms with van der Waals surface area (Å²) in [5.74, 6) is 3.10. The molecule has 1 aromatic carbocycles. The van der Waals surface area contributed by atoms with Crippen LogP contribution in [0.5, 0.6) is 0 Å². The van der Waals surface area contributed by atoms with Crippen LogP contribution in [-0.2, 0) is 7.05 Å². The largest absolute Gasteiger partial charge is 0.423 e. The molecule has 0 radical (unpaired) electrons. The Hall–Kier alpha value is -3.34. The van der Waals surface area contributed by atoms with E-state index in [1.165, 1.54) is 22.3 Å². The smallest absolute Gasteiger partial charge is 0.398 e. The van der Waals surface area contributed by atoms with Crippen LogP contribution in [0.3, 0.4) is 0 Å². The molecule has 1 aliphatic rings. The van der Waals surface area contributed by atoms with Crippen LogP contribution < -0.4 is 15.0 Å². The third kappa shape index (κ3) is 2.54. The molecule has 0 amide bonds. The van der Waals surface area contributed by atoms with Crippen LogP contribution in [0.1, 0.15) is 11.1 Å². The fourth-order valence-corrected chi connectivity index (χ4v) is 4.12. The van der Waals surface area contributed by atoms with Gasteiger partial charge in [0.1, 0.15) is 7.05 Å². The maximum absolute atomic E-state index is 6.09. The van der Waals surface area contributed by atoms with Gasteiger partial charge in [0.15, 0.2) is 17.7 Å². The summed E-state index contributed by atoms with van der Waals surface area (Å²) in [5, 5.41) is 1.05. The van der Waals surface area contributed by atoms with Crippen LogP contribution in [-0.4, -0.2) is 18.9 Å². The van der Waals surface area contributed by atoms with Crippen molar-refractivity contribution in [2.75, 3.05) is 11.9 Å². The summed E-state index contributed by atoms with van der Waals surface area (Å²) in [5.41, 5.74) is 6.74. The number of rotatable bonds is 2. The lowest BCUT2D eigenvalue weighted by Crippen LogP contribution is -2.60. The Balaban J connectivity index is 1.62. The number of hydrogen-bond acceptors (Lipinski definition) is 3. The second-order valence-electron chi connectivity index (χ2n) is 7.36. The van der Waals surface area contributed by atoms with Crippen LogP contribution in [0.25, 0.3) is 28.3 Å². The van der Waals surface area contributed by atoms with E-state index in [1.54, 1.807) is 6.20 Å². The van der Waals surface area contributed by atoms with Crippen LogP contribution in [0.4, 0.5) is 5.88 Å². The first kappa shape index (κ1) is 16.8. The van der Waals surface area contributed by atoms with Gasteiger partial charge in [0.25, 0.3) is 0 Å². The summed E-state index contributed by atoms with van der Waals surface area (Å²) in [4.78, 5) is 6.56. The Kier molecular flexibility index (Phi) is 3.83. The zero-order valence-corrected chi connectivity index (χ0v) is 16.3. The third-order valence-electron chi connectivity index (χ3n) is 5.57. The van der Waals surface area contributed by atoms with E-state index >= 15 is 0 Å². The lowest BCUT2D eigenvalue weighted by Gasteiger charge is -2.25. The number of pyridine rings is 2. The second kappa shape index (κ2) is 6.38. The third-order valence-corrected chi connectivity index (χ3v) is 5.57. The maximum Gasteiger partial charge on any atom is 0.398 e. The molecular formula is C23H21BN3O+. The number of hydrogen-bond donors (Lipinski definition) is 0. The average molecular weight is 366 g/mol. The van der Waals surface area contributed by atoms with Gasteiger partial charge in [-0.3, -0.25) is 0 Å². The van der Waals surface area contributed by atoms with Gasteiger partial charge in [-0.1, -0.05) is 42.4 Å².